The molecule has 0 aromatic heterocycles. The number of hydrogen-bond donors (Lipinski definition) is 0. The lowest BCUT2D eigenvalue weighted by Gasteiger charge is -2.24. The first-order chi connectivity index (χ1) is 10.1. The topological polar surface area (TPSA) is 18.5 Å². The van der Waals surface area contributed by atoms with Crippen molar-refractivity contribution in [1.29, 1.82) is 0 Å². The first kappa shape index (κ1) is 15.8. The zero-order valence-electron chi connectivity index (χ0n) is 12.5. The molecule has 116 valence electrons. The Labute approximate surface area is 143 Å². The van der Waals surface area contributed by atoms with Crippen molar-refractivity contribution in [1.82, 2.24) is 0 Å². The summed E-state index contributed by atoms with van der Waals surface area (Å²) in [7, 11) is 0. The highest BCUT2D eigenvalue weighted by atomic mass is 79.9. The number of hydrogen-bond acceptors (Lipinski definition) is 2. The molecule has 2 nitrogen and oxygen atoms in total. The van der Waals surface area contributed by atoms with Gasteiger partial charge in [0.25, 0.3) is 0 Å². The van der Waals surface area contributed by atoms with Gasteiger partial charge in [0.2, 0.25) is 0 Å². The second-order valence-corrected chi connectivity index (χ2v) is 7.80. The van der Waals surface area contributed by atoms with E-state index in [1.54, 1.807) is 0 Å². The Morgan fingerprint density at radius 2 is 2.05 bits per heavy atom. The quantitative estimate of drug-likeness (QED) is 0.600. The Morgan fingerprint density at radius 3 is 2.76 bits per heavy atom. The zero-order chi connectivity index (χ0) is 14.9. The fourth-order valence-corrected chi connectivity index (χ4v) is 4.72. The largest absolute Gasteiger partial charge is 0.490 e. The van der Waals surface area contributed by atoms with Gasteiger partial charge in [-0.2, -0.15) is 0 Å². The lowest BCUT2D eigenvalue weighted by atomic mass is 9.98. The fraction of sp³-hybridized carbons (Fsp3) is 0.647. The second-order valence-electron chi connectivity index (χ2n) is 6.32. The van der Waals surface area contributed by atoms with Crippen molar-refractivity contribution in [2.45, 2.75) is 62.5 Å². The van der Waals surface area contributed by atoms with Gasteiger partial charge in [-0.05, 0) is 50.3 Å². The van der Waals surface area contributed by atoms with Crippen molar-refractivity contribution in [3.05, 3.63) is 27.7 Å². The first-order valence-electron chi connectivity index (χ1n) is 7.77. The van der Waals surface area contributed by atoms with E-state index in [0.717, 1.165) is 22.0 Å². The van der Waals surface area contributed by atoms with Crippen LogP contribution in [0, 0.1) is 6.92 Å². The molecule has 1 heterocycles. The molecule has 3 rings (SSSR count). The van der Waals surface area contributed by atoms with E-state index >= 15 is 0 Å². The van der Waals surface area contributed by atoms with Crippen molar-refractivity contribution in [3.63, 3.8) is 0 Å². The first-order valence-corrected chi connectivity index (χ1v) is 9.69. The molecule has 0 amide bonds. The van der Waals surface area contributed by atoms with E-state index in [9.17, 15) is 0 Å². The molecule has 1 aliphatic carbocycles. The number of halogens is 2. The van der Waals surface area contributed by atoms with Crippen LogP contribution in [0.25, 0.3) is 0 Å². The van der Waals surface area contributed by atoms with Gasteiger partial charge in [-0.15, -0.1) is 0 Å². The van der Waals surface area contributed by atoms with Gasteiger partial charge < -0.3 is 9.47 Å². The van der Waals surface area contributed by atoms with Gasteiger partial charge in [-0.25, -0.2) is 0 Å². The second kappa shape index (κ2) is 6.59. The van der Waals surface area contributed by atoms with Gasteiger partial charge in [-0.1, -0.05) is 44.7 Å². The Hall–Kier alpha value is -0.0600. The third-order valence-electron chi connectivity index (χ3n) is 4.73. The third kappa shape index (κ3) is 3.48. The maximum Gasteiger partial charge on any atom is 0.126 e. The van der Waals surface area contributed by atoms with E-state index in [4.69, 9.17) is 9.47 Å². The summed E-state index contributed by atoms with van der Waals surface area (Å²) in [5.74, 6) is 1.01. The molecular formula is C17H22Br2O2. The van der Waals surface area contributed by atoms with Crippen LogP contribution < -0.4 is 4.74 Å². The van der Waals surface area contributed by atoms with Crippen molar-refractivity contribution in [3.8, 4) is 5.75 Å². The summed E-state index contributed by atoms with van der Waals surface area (Å²) in [6.07, 6.45) is 7.75. The summed E-state index contributed by atoms with van der Waals surface area (Å²) in [5, 5.41) is 0.804. The molecule has 1 saturated heterocycles. The molecule has 1 aliphatic heterocycles. The van der Waals surface area contributed by atoms with Crippen LogP contribution >= 0.6 is 31.9 Å². The third-order valence-corrected chi connectivity index (χ3v) is 5.79. The molecule has 1 aromatic rings. The van der Waals surface area contributed by atoms with Crippen LogP contribution in [0.15, 0.2) is 16.6 Å². The minimum atomic E-state index is 0.195. The molecule has 1 unspecified atom stereocenters. The van der Waals surface area contributed by atoms with E-state index in [0.29, 0.717) is 6.61 Å². The van der Waals surface area contributed by atoms with E-state index < -0.39 is 0 Å². The van der Waals surface area contributed by atoms with Gasteiger partial charge in [0.15, 0.2) is 0 Å². The molecule has 2 fully saturated rings. The van der Waals surface area contributed by atoms with E-state index in [1.165, 1.54) is 43.2 Å². The SMILES string of the molecule is Cc1cc(Br)cc(CBr)c1OCC1CCC2(CCCC2)O1. The van der Waals surface area contributed by atoms with Gasteiger partial charge >= 0.3 is 0 Å². The highest BCUT2D eigenvalue weighted by molar-refractivity contribution is 9.10. The van der Waals surface area contributed by atoms with Crippen molar-refractivity contribution < 1.29 is 9.47 Å². The highest BCUT2D eigenvalue weighted by Gasteiger charge is 2.42. The number of benzene rings is 1. The summed E-state index contributed by atoms with van der Waals surface area (Å²) in [6, 6.07) is 4.22. The highest BCUT2D eigenvalue weighted by Crippen LogP contribution is 2.43. The van der Waals surface area contributed by atoms with E-state index in [-0.39, 0.29) is 11.7 Å². The molecule has 1 spiro atoms. The van der Waals surface area contributed by atoms with Crippen LogP contribution in [0.4, 0.5) is 0 Å². The Kier molecular flexibility index (Phi) is 4.97. The van der Waals surface area contributed by atoms with E-state index in [1.807, 2.05) is 0 Å². The molecule has 21 heavy (non-hydrogen) atoms. The average molecular weight is 418 g/mol. The lowest BCUT2D eigenvalue weighted by molar-refractivity contribution is -0.0510. The minimum Gasteiger partial charge on any atom is -0.490 e. The molecule has 4 heteroatoms. The molecule has 0 bridgehead atoms. The minimum absolute atomic E-state index is 0.195. The number of rotatable bonds is 4. The lowest BCUT2D eigenvalue weighted by Crippen LogP contribution is -2.27. The Balaban J connectivity index is 1.63. The van der Waals surface area contributed by atoms with Crippen LogP contribution in [-0.4, -0.2) is 18.3 Å². The summed E-state index contributed by atoms with van der Waals surface area (Å²) in [5.41, 5.74) is 2.56. The van der Waals surface area contributed by atoms with Crippen LogP contribution in [-0.2, 0) is 10.1 Å². The molecule has 0 radical (unpaired) electrons. The monoisotopic (exact) mass is 416 g/mol. The van der Waals surface area contributed by atoms with Crippen molar-refractivity contribution in [2.75, 3.05) is 6.61 Å². The molecule has 2 aliphatic rings. The van der Waals surface area contributed by atoms with Crippen LogP contribution in [0.1, 0.15) is 49.7 Å². The molecule has 0 N–H and O–H groups in total. The number of ether oxygens (including phenoxy) is 2. The standard InChI is InChI=1S/C17H22Br2O2/c1-12-8-14(19)9-13(10-18)16(12)20-11-15-4-7-17(21-15)5-2-3-6-17/h8-9,15H,2-7,10-11H2,1H3. The zero-order valence-corrected chi connectivity index (χ0v) is 15.6. The summed E-state index contributed by atoms with van der Waals surface area (Å²) in [6.45, 7) is 2.77. The molecular weight excluding hydrogens is 396 g/mol. The van der Waals surface area contributed by atoms with Gasteiger partial charge in [-0.3, -0.25) is 0 Å². The summed E-state index contributed by atoms with van der Waals surface area (Å²) >= 11 is 7.09. The molecule has 1 atom stereocenters. The smallest absolute Gasteiger partial charge is 0.126 e. The number of alkyl halides is 1. The average Bonchev–Trinajstić information content (AvgIpc) is 3.08. The Bertz CT molecular complexity index is 510. The molecule has 1 saturated carbocycles. The summed E-state index contributed by atoms with van der Waals surface area (Å²) in [4.78, 5) is 0. The van der Waals surface area contributed by atoms with E-state index in [2.05, 4.69) is 50.9 Å². The predicted octanol–water partition coefficient (Wildman–Crippen LogP) is 5.52. The van der Waals surface area contributed by atoms with Gasteiger partial charge in [0.1, 0.15) is 12.4 Å². The normalized spacial score (nSPS) is 23.9. The fourth-order valence-electron chi connectivity index (χ4n) is 3.68. The van der Waals surface area contributed by atoms with Gasteiger partial charge in [0, 0.05) is 15.4 Å². The predicted molar refractivity (Wildman–Crippen MR) is 92.3 cm³/mol. The van der Waals surface area contributed by atoms with Crippen LogP contribution in [0.3, 0.4) is 0 Å². The van der Waals surface area contributed by atoms with Crippen LogP contribution in [0.2, 0.25) is 0 Å². The summed E-state index contributed by atoms with van der Waals surface area (Å²) < 4.78 is 13.5. The molecule has 1 aromatic carbocycles. The maximum absolute atomic E-state index is 6.32. The van der Waals surface area contributed by atoms with Crippen molar-refractivity contribution in [2.24, 2.45) is 0 Å². The number of aryl methyl sites for hydroxylation is 1. The maximum atomic E-state index is 6.32. The van der Waals surface area contributed by atoms with Gasteiger partial charge in [0.05, 0.1) is 11.7 Å². The van der Waals surface area contributed by atoms with Crippen molar-refractivity contribution >= 4 is 31.9 Å². The Morgan fingerprint density at radius 1 is 1.29 bits per heavy atom. The van der Waals surface area contributed by atoms with Crippen LogP contribution in [0.5, 0.6) is 5.75 Å².